The molecule has 1 amide bonds. The lowest BCUT2D eigenvalue weighted by Crippen LogP contribution is -2.65. The minimum atomic E-state index is -0.493. The minimum Gasteiger partial charge on any atom is -0.382 e. The van der Waals surface area contributed by atoms with E-state index in [1.54, 1.807) is 7.11 Å². The Balaban J connectivity index is 2.66. The molecule has 0 radical (unpaired) electrons. The molecule has 1 heterocycles. The Bertz CT molecular complexity index is 168. The van der Waals surface area contributed by atoms with Gasteiger partial charge in [-0.25, -0.2) is 0 Å². The third-order valence-corrected chi connectivity index (χ3v) is 2.30. The molecule has 70 valence electrons. The summed E-state index contributed by atoms with van der Waals surface area (Å²) in [5.74, 6) is 0.0538. The normalized spacial score (nSPS) is 30.0. The van der Waals surface area contributed by atoms with E-state index in [1.165, 1.54) is 0 Å². The zero-order valence-corrected chi connectivity index (χ0v) is 7.64. The van der Waals surface area contributed by atoms with E-state index in [1.807, 2.05) is 6.92 Å². The van der Waals surface area contributed by atoms with Gasteiger partial charge in [-0.05, 0) is 6.42 Å². The van der Waals surface area contributed by atoms with E-state index in [-0.39, 0.29) is 5.91 Å². The summed E-state index contributed by atoms with van der Waals surface area (Å²) in [4.78, 5) is 11.5. The molecule has 1 unspecified atom stereocenters. The van der Waals surface area contributed by atoms with Gasteiger partial charge >= 0.3 is 0 Å². The van der Waals surface area contributed by atoms with E-state index in [0.717, 1.165) is 13.0 Å². The van der Waals surface area contributed by atoms with Gasteiger partial charge in [-0.15, -0.1) is 0 Å². The second kappa shape index (κ2) is 3.87. The zero-order chi connectivity index (χ0) is 9.03. The van der Waals surface area contributed by atoms with Gasteiger partial charge in [0.15, 0.2) is 0 Å². The molecule has 0 aromatic carbocycles. The molecule has 0 aromatic rings. The molecule has 0 saturated carbocycles. The van der Waals surface area contributed by atoms with Crippen LogP contribution >= 0.6 is 0 Å². The van der Waals surface area contributed by atoms with Crippen molar-refractivity contribution in [1.29, 1.82) is 0 Å². The first-order valence-electron chi connectivity index (χ1n) is 4.27. The lowest BCUT2D eigenvalue weighted by molar-refractivity contribution is -0.131. The molecule has 4 nitrogen and oxygen atoms in total. The van der Waals surface area contributed by atoms with Gasteiger partial charge in [-0.1, -0.05) is 6.92 Å². The number of piperazine rings is 1. The van der Waals surface area contributed by atoms with Gasteiger partial charge in [0, 0.05) is 20.2 Å². The molecule has 1 atom stereocenters. The summed E-state index contributed by atoms with van der Waals surface area (Å²) in [6.07, 6.45) is 0.757. The lowest BCUT2D eigenvalue weighted by atomic mass is 9.94. The molecule has 0 spiro atoms. The molecular weight excluding hydrogens is 156 g/mol. The number of methoxy groups -OCH3 is 1. The Labute approximate surface area is 72.7 Å². The van der Waals surface area contributed by atoms with E-state index < -0.39 is 5.54 Å². The van der Waals surface area contributed by atoms with Crippen LogP contribution in [0.1, 0.15) is 13.3 Å². The van der Waals surface area contributed by atoms with Crippen LogP contribution in [-0.2, 0) is 9.53 Å². The van der Waals surface area contributed by atoms with Crippen LogP contribution in [0, 0.1) is 0 Å². The average Bonchev–Trinajstić information content (AvgIpc) is 2.10. The predicted octanol–water partition coefficient (Wildman–Crippen LogP) is -0.499. The standard InChI is InChI=1S/C8H16N2O2/c1-3-8(6-12-2)7(11)9-4-5-10-8/h10H,3-6H2,1-2H3,(H,9,11). The average molecular weight is 172 g/mol. The number of ether oxygens (including phenoxy) is 1. The number of rotatable bonds is 3. The van der Waals surface area contributed by atoms with Crippen LogP contribution in [-0.4, -0.2) is 38.3 Å². The van der Waals surface area contributed by atoms with Crippen molar-refractivity contribution in [1.82, 2.24) is 10.6 Å². The van der Waals surface area contributed by atoms with Crippen LogP contribution in [0.5, 0.6) is 0 Å². The van der Waals surface area contributed by atoms with Crippen LogP contribution in [0.2, 0.25) is 0 Å². The van der Waals surface area contributed by atoms with Crippen molar-refractivity contribution in [2.75, 3.05) is 26.8 Å². The summed E-state index contributed by atoms with van der Waals surface area (Å²) in [7, 11) is 1.61. The Morgan fingerprint density at radius 1 is 1.58 bits per heavy atom. The molecule has 0 bridgehead atoms. The highest BCUT2D eigenvalue weighted by Gasteiger charge is 2.38. The van der Waals surface area contributed by atoms with E-state index in [4.69, 9.17) is 4.74 Å². The topological polar surface area (TPSA) is 50.4 Å². The molecule has 2 N–H and O–H groups in total. The monoisotopic (exact) mass is 172 g/mol. The van der Waals surface area contributed by atoms with Gasteiger partial charge < -0.3 is 10.1 Å². The van der Waals surface area contributed by atoms with Gasteiger partial charge in [0.05, 0.1) is 6.61 Å². The van der Waals surface area contributed by atoms with Crippen LogP contribution < -0.4 is 10.6 Å². The number of amides is 1. The van der Waals surface area contributed by atoms with Crippen molar-refractivity contribution >= 4 is 5.91 Å². The number of nitrogens with one attached hydrogen (secondary N) is 2. The van der Waals surface area contributed by atoms with Crippen molar-refractivity contribution in [3.63, 3.8) is 0 Å². The molecule has 1 aliphatic heterocycles. The largest absolute Gasteiger partial charge is 0.382 e. The smallest absolute Gasteiger partial charge is 0.242 e. The molecule has 0 aliphatic carbocycles. The van der Waals surface area contributed by atoms with Gasteiger partial charge in [0.2, 0.25) is 5.91 Å². The molecule has 12 heavy (non-hydrogen) atoms. The molecule has 1 rings (SSSR count). The Morgan fingerprint density at radius 3 is 2.83 bits per heavy atom. The van der Waals surface area contributed by atoms with Crippen molar-refractivity contribution in [3.8, 4) is 0 Å². The van der Waals surface area contributed by atoms with Crippen LogP contribution in [0.15, 0.2) is 0 Å². The van der Waals surface area contributed by atoms with Crippen molar-refractivity contribution in [2.45, 2.75) is 18.9 Å². The molecule has 1 fully saturated rings. The van der Waals surface area contributed by atoms with E-state index in [9.17, 15) is 4.79 Å². The van der Waals surface area contributed by atoms with E-state index in [2.05, 4.69) is 10.6 Å². The Kier molecular flexibility index (Phi) is 3.05. The first kappa shape index (κ1) is 9.48. The highest BCUT2D eigenvalue weighted by Crippen LogP contribution is 2.12. The summed E-state index contributed by atoms with van der Waals surface area (Å²) in [6.45, 7) is 3.96. The fraction of sp³-hybridized carbons (Fsp3) is 0.875. The second-order valence-corrected chi connectivity index (χ2v) is 3.05. The van der Waals surface area contributed by atoms with Crippen molar-refractivity contribution in [3.05, 3.63) is 0 Å². The Morgan fingerprint density at radius 2 is 2.33 bits per heavy atom. The fourth-order valence-electron chi connectivity index (χ4n) is 1.48. The summed E-state index contributed by atoms with van der Waals surface area (Å²) < 4.78 is 5.02. The third kappa shape index (κ3) is 1.59. The lowest BCUT2D eigenvalue weighted by Gasteiger charge is -2.35. The van der Waals surface area contributed by atoms with Crippen LogP contribution in [0.4, 0.5) is 0 Å². The SMILES string of the molecule is CCC1(COC)NCCNC1=O. The minimum absolute atomic E-state index is 0.0538. The van der Waals surface area contributed by atoms with E-state index >= 15 is 0 Å². The van der Waals surface area contributed by atoms with Gasteiger partial charge in [-0.2, -0.15) is 0 Å². The maximum Gasteiger partial charge on any atom is 0.242 e. The summed E-state index contributed by atoms with van der Waals surface area (Å²) in [5.41, 5.74) is -0.493. The Hall–Kier alpha value is -0.610. The summed E-state index contributed by atoms with van der Waals surface area (Å²) >= 11 is 0. The highest BCUT2D eigenvalue weighted by atomic mass is 16.5. The first-order chi connectivity index (χ1) is 5.75. The van der Waals surface area contributed by atoms with Crippen LogP contribution in [0.25, 0.3) is 0 Å². The highest BCUT2D eigenvalue weighted by molar-refractivity contribution is 5.87. The molecule has 4 heteroatoms. The van der Waals surface area contributed by atoms with Crippen LogP contribution in [0.3, 0.4) is 0 Å². The van der Waals surface area contributed by atoms with Gasteiger partial charge in [0.25, 0.3) is 0 Å². The van der Waals surface area contributed by atoms with E-state index in [0.29, 0.717) is 13.2 Å². The molecular formula is C8H16N2O2. The number of carbonyl (C=O) groups is 1. The maximum absolute atomic E-state index is 11.5. The fourth-order valence-corrected chi connectivity index (χ4v) is 1.48. The second-order valence-electron chi connectivity index (χ2n) is 3.05. The zero-order valence-electron chi connectivity index (χ0n) is 7.64. The first-order valence-corrected chi connectivity index (χ1v) is 4.27. The third-order valence-electron chi connectivity index (χ3n) is 2.30. The molecule has 1 aliphatic rings. The van der Waals surface area contributed by atoms with Gasteiger partial charge in [0.1, 0.15) is 5.54 Å². The summed E-state index contributed by atoms with van der Waals surface area (Å²) in [6, 6.07) is 0. The molecule has 0 aromatic heterocycles. The predicted molar refractivity (Wildman–Crippen MR) is 45.9 cm³/mol. The molecule has 1 saturated heterocycles. The summed E-state index contributed by atoms with van der Waals surface area (Å²) in [5, 5.41) is 6.02. The number of hydrogen-bond donors (Lipinski definition) is 2. The number of hydrogen-bond acceptors (Lipinski definition) is 3. The van der Waals surface area contributed by atoms with Crippen molar-refractivity contribution in [2.24, 2.45) is 0 Å². The maximum atomic E-state index is 11.5. The van der Waals surface area contributed by atoms with Crippen molar-refractivity contribution < 1.29 is 9.53 Å². The quantitative estimate of drug-likeness (QED) is 0.603. The number of carbonyl (C=O) groups excluding carboxylic acids is 1. The van der Waals surface area contributed by atoms with Gasteiger partial charge in [-0.3, -0.25) is 10.1 Å².